The molecule has 0 N–H and O–H groups in total. The Morgan fingerprint density at radius 2 is 2.25 bits per heavy atom. The van der Waals surface area contributed by atoms with E-state index in [2.05, 4.69) is 0 Å². The third-order valence-corrected chi connectivity index (χ3v) is 4.90. The number of ether oxygens (including phenoxy) is 1. The van der Waals surface area contributed by atoms with Gasteiger partial charge in [0.25, 0.3) is 5.91 Å². The molecule has 3 heterocycles. The van der Waals surface area contributed by atoms with Crippen molar-refractivity contribution in [2.75, 3.05) is 27.2 Å². The van der Waals surface area contributed by atoms with Gasteiger partial charge >= 0.3 is 0 Å². The van der Waals surface area contributed by atoms with Crippen molar-refractivity contribution < 1.29 is 14.3 Å². The second kappa shape index (κ2) is 5.18. The van der Waals surface area contributed by atoms with Crippen LogP contribution in [0.15, 0.2) is 17.5 Å². The van der Waals surface area contributed by atoms with Gasteiger partial charge in [-0.25, -0.2) is 0 Å². The van der Waals surface area contributed by atoms with Crippen molar-refractivity contribution in [3.63, 3.8) is 0 Å². The fraction of sp³-hybridized carbons (Fsp3) is 0.571. The van der Waals surface area contributed by atoms with E-state index in [9.17, 15) is 9.59 Å². The molecule has 1 aromatic heterocycles. The number of thiophene rings is 1. The highest BCUT2D eigenvalue weighted by molar-refractivity contribution is 7.12. The Balaban J connectivity index is 1.83. The van der Waals surface area contributed by atoms with Gasteiger partial charge in [0.15, 0.2) is 0 Å². The molecule has 1 aromatic rings. The molecule has 0 saturated carbocycles. The van der Waals surface area contributed by atoms with Crippen molar-refractivity contribution in [3.8, 4) is 0 Å². The van der Waals surface area contributed by atoms with Gasteiger partial charge in [0.2, 0.25) is 5.91 Å². The number of rotatable bonds is 2. The van der Waals surface area contributed by atoms with Gasteiger partial charge in [-0.05, 0) is 17.9 Å². The summed E-state index contributed by atoms with van der Waals surface area (Å²) in [6.45, 7) is 1.09. The minimum absolute atomic E-state index is 0.0227. The minimum atomic E-state index is -0.235. The molecular formula is C14H18N2O3S. The summed E-state index contributed by atoms with van der Waals surface area (Å²) >= 11 is 1.44. The van der Waals surface area contributed by atoms with E-state index in [0.29, 0.717) is 13.2 Å². The Kier molecular flexibility index (Phi) is 3.52. The average molecular weight is 294 g/mol. The summed E-state index contributed by atoms with van der Waals surface area (Å²) in [7, 11) is 3.49. The summed E-state index contributed by atoms with van der Waals surface area (Å²) in [6.07, 6.45) is 0.674. The molecule has 2 saturated heterocycles. The van der Waals surface area contributed by atoms with E-state index in [-0.39, 0.29) is 29.9 Å². The molecule has 108 valence electrons. The van der Waals surface area contributed by atoms with E-state index in [1.54, 1.807) is 19.0 Å². The summed E-state index contributed by atoms with van der Waals surface area (Å²) in [5.74, 6) is -0.167. The third kappa shape index (κ3) is 2.13. The quantitative estimate of drug-likeness (QED) is 0.820. The van der Waals surface area contributed by atoms with Gasteiger partial charge in [0.05, 0.1) is 22.9 Å². The average Bonchev–Trinajstić information content (AvgIpc) is 3.13. The highest BCUT2D eigenvalue weighted by Crippen LogP contribution is 2.35. The van der Waals surface area contributed by atoms with E-state index in [1.807, 2.05) is 22.4 Å². The number of hydrogen-bond acceptors (Lipinski definition) is 4. The smallest absolute Gasteiger partial charge is 0.264 e. The number of hydrogen-bond donors (Lipinski definition) is 0. The van der Waals surface area contributed by atoms with Crippen LogP contribution in [0.1, 0.15) is 16.1 Å². The van der Waals surface area contributed by atoms with Gasteiger partial charge in [-0.3, -0.25) is 9.59 Å². The van der Waals surface area contributed by atoms with Crippen LogP contribution in [0.4, 0.5) is 0 Å². The van der Waals surface area contributed by atoms with Crippen LogP contribution in [0.5, 0.6) is 0 Å². The predicted octanol–water partition coefficient (Wildman–Crippen LogP) is 1.07. The topological polar surface area (TPSA) is 49.9 Å². The molecule has 0 unspecified atom stereocenters. The van der Waals surface area contributed by atoms with Crippen molar-refractivity contribution in [2.24, 2.45) is 5.92 Å². The van der Waals surface area contributed by atoms with E-state index in [1.165, 1.54) is 11.3 Å². The predicted molar refractivity (Wildman–Crippen MR) is 75.7 cm³/mol. The lowest BCUT2D eigenvalue weighted by Gasteiger charge is -2.21. The molecule has 2 amide bonds. The zero-order chi connectivity index (χ0) is 14.3. The third-order valence-electron chi connectivity index (χ3n) is 4.04. The largest absolute Gasteiger partial charge is 0.375 e. The molecule has 6 heteroatoms. The first-order chi connectivity index (χ1) is 9.59. The minimum Gasteiger partial charge on any atom is -0.375 e. The van der Waals surface area contributed by atoms with Crippen LogP contribution in [0, 0.1) is 5.92 Å². The zero-order valence-electron chi connectivity index (χ0n) is 11.6. The summed E-state index contributed by atoms with van der Waals surface area (Å²) in [5, 5.41) is 1.90. The first-order valence-corrected chi connectivity index (χ1v) is 7.65. The van der Waals surface area contributed by atoms with E-state index in [4.69, 9.17) is 4.74 Å². The number of fused-ring (bicyclic) bond motifs is 1. The van der Waals surface area contributed by atoms with E-state index in [0.717, 1.165) is 11.3 Å². The van der Waals surface area contributed by atoms with Crippen LogP contribution < -0.4 is 0 Å². The van der Waals surface area contributed by atoms with Gasteiger partial charge in [0, 0.05) is 27.2 Å². The number of likely N-dealkylation sites (tertiary alicyclic amines) is 1. The molecule has 2 aliphatic rings. The van der Waals surface area contributed by atoms with Gasteiger partial charge in [-0.1, -0.05) is 6.07 Å². The van der Waals surface area contributed by atoms with Crippen molar-refractivity contribution in [2.45, 2.75) is 18.6 Å². The van der Waals surface area contributed by atoms with Gasteiger partial charge in [0.1, 0.15) is 0 Å². The molecule has 3 rings (SSSR count). The van der Waals surface area contributed by atoms with Crippen LogP contribution in [-0.2, 0) is 9.53 Å². The second-order valence-electron chi connectivity index (χ2n) is 5.47. The number of nitrogens with zero attached hydrogens (tertiary/aromatic N) is 2. The Morgan fingerprint density at radius 3 is 2.90 bits per heavy atom. The van der Waals surface area contributed by atoms with Crippen LogP contribution >= 0.6 is 11.3 Å². The molecule has 0 bridgehead atoms. The summed E-state index contributed by atoms with van der Waals surface area (Å²) in [6, 6.07) is 3.75. The molecule has 5 nitrogen and oxygen atoms in total. The lowest BCUT2D eigenvalue weighted by Crippen LogP contribution is -2.37. The first kappa shape index (κ1) is 13.6. The zero-order valence-corrected chi connectivity index (χ0v) is 12.4. The number of carbonyl (C=O) groups excluding carboxylic acids is 2. The fourth-order valence-corrected chi connectivity index (χ4v) is 3.77. The molecular weight excluding hydrogens is 276 g/mol. The van der Waals surface area contributed by atoms with Gasteiger partial charge < -0.3 is 14.5 Å². The highest BCUT2D eigenvalue weighted by atomic mass is 32.1. The van der Waals surface area contributed by atoms with E-state index < -0.39 is 0 Å². The van der Waals surface area contributed by atoms with Crippen LogP contribution in [0.2, 0.25) is 0 Å². The van der Waals surface area contributed by atoms with Crippen LogP contribution in [0.3, 0.4) is 0 Å². The highest BCUT2D eigenvalue weighted by Gasteiger charge is 2.50. The van der Waals surface area contributed by atoms with Crippen molar-refractivity contribution >= 4 is 23.2 Å². The maximum atomic E-state index is 12.5. The van der Waals surface area contributed by atoms with E-state index >= 15 is 0 Å². The molecule has 3 atom stereocenters. The summed E-state index contributed by atoms with van der Waals surface area (Å²) in [5.41, 5.74) is 0. The summed E-state index contributed by atoms with van der Waals surface area (Å²) < 4.78 is 5.72. The number of carbonyl (C=O) groups is 2. The van der Waals surface area contributed by atoms with Gasteiger partial charge in [-0.15, -0.1) is 11.3 Å². The molecule has 0 aliphatic carbocycles. The molecule has 2 fully saturated rings. The standard InChI is InChI=1S/C14H18N2O3S/c1-15(2)13(17)9-8-16(10-5-6-19-12(9)10)14(18)11-4-3-7-20-11/h3-4,7,9-10,12H,5-6,8H2,1-2H3/t9-,10+,12-/m1/s1. The van der Waals surface area contributed by atoms with Crippen LogP contribution in [-0.4, -0.2) is 61.0 Å². The molecule has 0 aromatic carbocycles. The Bertz CT molecular complexity index is 514. The maximum Gasteiger partial charge on any atom is 0.264 e. The molecule has 0 spiro atoms. The maximum absolute atomic E-state index is 12.5. The van der Waals surface area contributed by atoms with Crippen molar-refractivity contribution in [1.82, 2.24) is 9.80 Å². The Labute approximate surface area is 122 Å². The molecule has 0 radical (unpaired) electrons. The Morgan fingerprint density at radius 1 is 1.45 bits per heavy atom. The normalized spacial score (nSPS) is 28.5. The summed E-state index contributed by atoms with van der Waals surface area (Å²) in [4.78, 5) is 28.9. The molecule has 20 heavy (non-hydrogen) atoms. The fourth-order valence-electron chi connectivity index (χ4n) is 3.09. The monoisotopic (exact) mass is 294 g/mol. The van der Waals surface area contributed by atoms with Crippen molar-refractivity contribution in [3.05, 3.63) is 22.4 Å². The molecule has 2 aliphatic heterocycles. The van der Waals surface area contributed by atoms with Crippen molar-refractivity contribution in [1.29, 1.82) is 0 Å². The first-order valence-electron chi connectivity index (χ1n) is 6.77. The van der Waals surface area contributed by atoms with Crippen LogP contribution in [0.25, 0.3) is 0 Å². The number of amides is 2. The Hall–Kier alpha value is -1.40. The SMILES string of the molecule is CN(C)C(=O)[C@@H]1CN(C(=O)c2cccs2)[C@H]2CCO[C@H]12. The van der Waals surface area contributed by atoms with Gasteiger partial charge in [-0.2, -0.15) is 0 Å². The lowest BCUT2D eigenvalue weighted by atomic mass is 10.0. The second-order valence-corrected chi connectivity index (χ2v) is 6.41. The lowest BCUT2D eigenvalue weighted by molar-refractivity contribution is -0.135.